The predicted octanol–water partition coefficient (Wildman–Crippen LogP) is 4.34. The fourth-order valence-corrected chi connectivity index (χ4v) is 3.28. The maximum atomic E-state index is 6.05. The summed E-state index contributed by atoms with van der Waals surface area (Å²) in [6, 6.07) is 14.3. The summed E-state index contributed by atoms with van der Waals surface area (Å²) in [7, 11) is 0. The van der Waals surface area contributed by atoms with Gasteiger partial charge in [0.25, 0.3) is 0 Å². The summed E-state index contributed by atoms with van der Waals surface area (Å²) in [5, 5.41) is 9.50. The van der Waals surface area contributed by atoms with Gasteiger partial charge in [-0.25, -0.2) is 4.98 Å². The Hall–Kier alpha value is -2.20. The first-order valence-electron chi connectivity index (χ1n) is 7.95. The predicted molar refractivity (Wildman–Crippen MR) is 93.8 cm³/mol. The van der Waals surface area contributed by atoms with E-state index in [-0.39, 0.29) is 0 Å². The molecule has 4 rings (SSSR count). The van der Waals surface area contributed by atoms with Crippen LogP contribution in [0.2, 0.25) is 5.15 Å². The molecule has 0 bridgehead atoms. The van der Waals surface area contributed by atoms with Crippen molar-refractivity contribution in [3.05, 3.63) is 47.6 Å². The number of pyridine rings is 1. The van der Waals surface area contributed by atoms with Crippen LogP contribution in [0.4, 0.5) is 5.82 Å². The Labute approximate surface area is 140 Å². The molecule has 4 nitrogen and oxygen atoms in total. The van der Waals surface area contributed by atoms with E-state index in [4.69, 9.17) is 16.6 Å². The van der Waals surface area contributed by atoms with Crippen LogP contribution in [0.1, 0.15) is 19.3 Å². The van der Waals surface area contributed by atoms with Gasteiger partial charge in [0.1, 0.15) is 5.82 Å². The van der Waals surface area contributed by atoms with Gasteiger partial charge in [0.15, 0.2) is 10.8 Å². The van der Waals surface area contributed by atoms with Gasteiger partial charge in [-0.1, -0.05) is 41.9 Å². The van der Waals surface area contributed by atoms with Gasteiger partial charge in [0.2, 0.25) is 0 Å². The molecule has 1 aliphatic heterocycles. The summed E-state index contributed by atoms with van der Waals surface area (Å²) in [4.78, 5) is 7.06. The first-order chi connectivity index (χ1) is 11.3. The summed E-state index contributed by atoms with van der Waals surface area (Å²) in [5.41, 5.74) is 2.89. The number of halogens is 1. The van der Waals surface area contributed by atoms with Crippen LogP contribution < -0.4 is 4.90 Å². The van der Waals surface area contributed by atoms with Crippen molar-refractivity contribution < 1.29 is 0 Å². The highest BCUT2D eigenvalue weighted by molar-refractivity contribution is 6.30. The van der Waals surface area contributed by atoms with E-state index in [0.29, 0.717) is 10.8 Å². The zero-order valence-electron chi connectivity index (χ0n) is 12.7. The van der Waals surface area contributed by atoms with Crippen molar-refractivity contribution in [3.8, 4) is 11.1 Å². The number of fused-ring (bicyclic) bond motifs is 1. The quantitative estimate of drug-likeness (QED) is 0.703. The van der Waals surface area contributed by atoms with E-state index in [1.165, 1.54) is 19.3 Å². The van der Waals surface area contributed by atoms with E-state index in [2.05, 4.69) is 33.3 Å². The zero-order chi connectivity index (χ0) is 15.6. The smallest absolute Gasteiger partial charge is 0.184 e. The van der Waals surface area contributed by atoms with Gasteiger partial charge in [-0.05, 0) is 42.5 Å². The Balaban J connectivity index is 1.91. The van der Waals surface area contributed by atoms with Crippen LogP contribution in [0.3, 0.4) is 0 Å². The first-order valence-corrected chi connectivity index (χ1v) is 8.33. The molecule has 0 unspecified atom stereocenters. The molecule has 5 heteroatoms. The lowest BCUT2D eigenvalue weighted by atomic mass is 10.0. The molecule has 0 aliphatic carbocycles. The molecule has 3 aromatic rings. The fourth-order valence-electron chi connectivity index (χ4n) is 3.13. The molecule has 0 atom stereocenters. The fraction of sp³-hybridized carbons (Fsp3) is 0.278. The summed E-state index contributed by atoms with van der Waals surface area (Å²) >= 11 is 6.05. The molecule has 1 aromatic carbocycles. The van der Waals surface area contributed by atoms with Crippen molar-refractivity contribution in [2.45, 2.75) is 19.3 Å². The molecular formula is C18H17ClN4. The van der Waals surface area contributed by atoms with E-state index in [0.717, 1.165) is 35.4 Å². The monoisotopic (exact) mass is 324 g/mol. The molecule has 0 saturated carbocycles. The van der Waals surface area contributed by atoms with Crippen LogP contribution in [-0.4, -0.2) is 28.3 Å². The van der Waals surface area contributed by atoms with Crippen LogP contribution in [0.25, 0.3) is 22.2 Å². The molecule has 116 valence electrons. The third-order valence-corrected chi connectivity index (χ3v) is 4.48. The van der Waals surface area contributed by atoms with Crippen molar-refractivity contribution in [2.24, 2.45) is 0 Å². The summed E-state index contributed by atoms with van der Waals surface area (Å²) in [6.07, 6.45) is 3.73. The van der Waals surface area contributed by atoms with Crippen LogP contribution in [0.5, 0.6) is 0 Å². The molecule has 1 aliphatic rings. The van der Waals surface area contributed by atoms with Crippen LogP contribution >= 0.6 is 11.6 Å². The first kappa shape index (κ1) is 14.4. The van der Waals surface area contributed by atoms with E-state index in [1.54, 1.807) is 0 Å². The van der Waals surface area contributed by atoms with Crippen LogP contribution in [-0.2, 0) is 0 Å². The Kier molecular flexibility index (Phi) is 3.83. The van der Waals surface area contributed by atoms with Crippen LogP contribution in [0.15, 0.2) is 42.5 Å². The van der Waals surface area contributed by atoms with Gasteiger partial charge in [-0.2, -0.15) is 0 Å². The molecule has 1 fully saturated rings. The van der Waals surface area contributed by atoms with Gasteiger partial charge < -0.3 is 4.90 Å². The Bertz CT molecular complexity index is 829. The highest BCUT2D eigenvalue weighted by atomic mass is 35.5. The zero-order valence-corrected chi connectivity index (χ0v) is 13.5. The van der Waals surface area contributed by atoms with Gasteiger partial charge >= 0.3 is 0 Å². The molecule has 0 radical (unpaired) electrons. The molecule has 2 aromatic heterocycles. The van der Waals surface area contributed by atoms with Crippen molar-refractivity contribution >= 4 is 28.5 Å². The number of rotatable bonds is 2. The maximum absolute atomic E-state index is 6.05. The van der Waals surface area contributed by atoms with Crippen molar-refractivity contribution in [3.63, 3.8) is 0 Å². The van der Waals surface area contributed by atoms with Gasteiger partial charge in [0.05, 0.1) is 0 Å². The second-order valence-corrected chi connectivity index (χ2v) is 6.23. The second kappa shape index (κ2) is 6.13. The molecular weight excluding hydrogens is 308 g/mol. The van der Waals surface area contributed by atoms with Gasteiger partial charge in [0, 0.05) is 18.5 Å². The van der Waals surface area contributed by atoms with E-state index in [1.807, 2.05) is 24.3 Å². The third kappa shape index (κ3) is 2.86. The Morgan fingerprint density at radius 2 is 1.70 bits per heavy atom. The lowest BCUT2D eigenvalue weighted by molar-refractivity contribution is 0.574. The molecule has 1 saturated heterocycles. The average molecular weight is 325 g/mol. The van der Waals surface area contributed by atoms with E-state index in [9.17, 15) is 0 Å². The minimum atomic E-state index is 0.391. The maximum Gasteiger partial charge on any atom is 0.184 e. The third-order valence-electron chi connectivity index (χ3n) is 4.29. The highest BCUT2D eigenvalue weighted by Crippen LogP contribution is 2.32. The number of hydrogen-bond donors (Lipinski definition) is 0. The van der Waals surface area contributed by atoms with Crippen LogP contribution in [0, 0.1) is 0 Å². The van der Waals surface area contributed by atoms with Crippen molar-refractivity contribution in [1.29, 1.82) is 0 Å². The van der Waals surface area contributed by atoms with E-state index < -0.39 is 0 Å². The standard InChI is InChI=1S/C18H17ClN4/c19-16-11-15-14(13-7-3-1-4-8-13)12-17(20-18(15)22-21-16)23-9-5-2-6-10-23/h1,3-4,7-8,11-12H,2,5-6,9-10H2. The number of nitrogens with zero attached hydrogens (tertiary/aromatic N) is 4. The second-order valence-electron chi connectivity index (χ2n) is 5.85. The largest absolute Gasteiger partial charge is 0.357 e. The number of aromatic nitrogens is 3. The Morgan fingerprint density at radius 1 is 0.913 bits per heavy atom. The number of piperidine rings is 1. The number of benzene rings is 1. The summed E-state index contributed by atoms with van der Waals surface area (Å²) in [6.45, 7) is 2.10. The lowest BCUT2D eigenvalue weighted by Gasteiger charge is -2.28. The number of hydrogen-bond acceptors (Lipinski definition) is 4. The van der Waals surface area contributed by atoms with Gasteiger partial charge in [-0.3, -0.25) is 0 Å². The molecule has 0 N–H and O–H groups in total. The summed E-state index contributed by atoms with van der Waals surface area (Å²) < 4.78 is 0. The highest BCUT2D eigenvalue weighted by Gasteiger charge is 2.16. The number of anilines is 1. The molecule has 23 heavy (non-hydrogen) atoms. The molecule has 3 heterocycles. The minimum Gasteiger partial charge on any atom is -0.357 e. The molecule has 0 amide bonds. The molecule has 0 spiro atoms. The average Bonchev–Trinajstić information content (AvgIpc) is 2.62. The Morgan fingerprint density at radius 3 is 2.48 bits per heavy atom. The SMILES string of the molecule is Clc1cc2c(-c3ccccc3)cc(N3CCCCC3)nc2nn1. The van der Waals surface area contributed by atoms with E-state index >= 15 is 0 Å². The lowest BCUT2D eigenvalue weighted by Crippen LogP contribution is -2.30. The minimum absolute atomic E-state index is 0.391. The summed E-state index contributed by atoms with van der Waals surface area (Å²) in [5.74, 6) is 0.979. The van der Waals surface area contributed by atoms with Crippen molar-refractivity contribution in [1.82, 2.24) is 15.2 Å². The topological polar surface area (TPSA) is 41.9 Å². The van der Waals surface area contributed by atoms with Crippen molar-refractivity contribution in [2.75, 3.05) is 18.0 Å². The normalized spacial score (nSPS) is 15.1. The van der Waals surface area contributed by atoms with Gasteiger partial charge in [-0.15, -0.1) is 10.2 Å².